The van der Waals surface area contributed by atoms with Crippen molar-refractivity contribution in [3.05, 3.63) is 89.0 Å². The van der Waals surface area contributed by atoms with E-state index < -0.39 is 11.4 Å². The predicted molar refractivity (Wildman–Crippen MR) is 165 cm³/mol. The van der Waals surface area contributed by atoms with Crippen molar-refractivity contribution in [2.75, 3.05) is 32.7 Å². The number of aromatic carboxylic acids is 1. The average Bonchev–Trinajstić information content (AvgIpc) is 2.99. The van der Waals surface area contributed by atoms with Crippen LogP contribution >= 0.6 is 0 Å². The van der Waals surface area contributed by atoms with Crippen LogP contribution in [0.15, 0.2) is 72.3 Å². The van der Waals surface area contributed by atoms with E-state index in [-0.39, 0.29) is 40.7 Å². The van der Waals surface area contributed by atoms with Crippen LogP contribution in [0.4, 0.5) is 0 Å². The Morgan fingerprint density at radius 3 is 2.14 bits per heavy atom. The van der Waals surface area contributed by atoms with E-state index in [9.17, 15) is 24.3 Å². The Hall–Kier alpha value is -4.20. The Morgan fingerprint density at radius 2 is 1.53 bits per heavy atom. The molecule has 8 nitrogen and oxygen atoms in total. The lowest BCUT2D eigenvalue weighted by Gasteiger charge is -2.52. The largest absolute Gasteiger partial charge is 0.478 e. The molecular weight excluding hydrogens is 542 g/mol. The minimum Gasteiger partial charge on any atom is -0.478 e. The van der Waals surface area contributed by atoms with Crippen molar-refractivity contribution in [3.8, 4) is 0 Å². The van der Waals surface area contributed by atoms with Crippen LogP contribution in [-0.2, 0) is 19.8 Å². The monoisotopic (exact) mass is 583 g/mol. The standard InChI is InChI=1S/C35H41N3O5/c1-24(39)36-22-30(40)37-20-17-35(18-21-37,27-8-6-5-7-9-27)32(43)38-19-15-29-33(2,3)28(14-16-34(29,4)23-38)25-10-12-26(13-11-25)31(41)42/h5-15H,16-23H2,1-4H3,(H,36,39)(H,41,42)/t34-/m1/s1. The third-order valence-corrected chi connectivity index (χ3v) is 9.73. The van der Waals surface area contributed by atoms with Gasteiger partial charge in [0.15, 0.2) is 0 Å². The predicted octanol–water partition coefficient (Wildman–Crippen LogP) is 4.67. The number of carbonyl (C=O) groups excluding carboxylic acids is 3. The quantitative estimate of drug-likeness (QED) is 0.481. The summed E-state index contributed by atoms with van der Waals surface area (Å²) in [5, 5.41) is 11.9. The van der Waals surface area contributed by atoms with Crippen LogP contribution < -0.4 is 5.32 Å². The SMILES string of the molecule is CC(=O)NCC(=O)N1CCC(C(=O)N2CC=C3C(C)(C)C(c4ccc(C(=O)O)cc4)=CC[C@]3(C)C2)(c2ccccc2)CC1. The number of fused-ring (bicyclic) bond motifs is 1. The molecule has 8 heteroatoms. The zero-order chi connectivity index (χ0) is 31.0. The molecule has 2 N–H and O–H groups in total. The fourth-order valence-electron chi connectivity index (χ4n) is 7.49. The van der Waals surface area contributed by atoms with Gasteiger partial charge in [-0.05, 0) is 48.1 Å². The number of hydrogen-bond donors (Lipinski definition) is 2. The third-order valence-electron chi connectivity index (χ3n) is 9.73. The van der Waals surface area contributed by atoms with Crippen molar-refractivity contribution in [1.29, 1.82) is 0 Å². The van der Waals surface area contributed by atoms with Gasteiger partial charge >= 0.3 is 5.97 Å². The summed E-state index contributed by atoms with van der Waals surface area (Å²) in [7, 11) is 0. The zero-order valence-electron chi connectivity index (χ0n) is 25.5. The van der Waals surface area contributed by atoms with Gasteiger partial charge in [0.25, 0.3) is 0 Å². The molecule has 0 radical (unpaired) electrons. The molecule has 0 aromatic heterocycles. The van der Waals surface area contributed by atoms with Crippen molar-refractivity contribution >= 4 is 29.3 Å². The number of carbonyl (C=O) groups is 4. The summed E-state index contributed by atoms with van der Waals surface area (Å²) in [4.78, 5) is 53.8. The Bertz CT molecular complexity index is 1480. The van der Waals surface area contributed by atoms with Crippen LogP contribution in [0.25, 0.3) is 5.57 Å². The fraction of sp³-hybridized carbons (Fsp3) is 0.429. The second-order valence-electron chi connectivity index (χ2n) is 12.9. The maximum absolute atomic E-state index is 14.6. The maximum Gasteiger partial charge on any atom is 0.335 e. The molecule has 226 valence electrons. The highest BCUT2D eigenvalue weighted by Gasteiger charge is 2.50. The number of carboxylic acid groups (broad SMARTS) is 1. The van der Waals surface area contributed by atoms with Crippen LogP contribution in [0.3, 0.4) is 0 Å². The van der Waals surface area contributed by atoms with Crippen LogP contribution in [-0.4, -0.2) is 71.3 Å². The topological polar surface area (TPSA) is 107 Å². The summed E-state index contributed by atoms with van der Waals surface area (Å²) in [5.41, 5.74) is 3.47. The van der Waals surface area contributed by atoms with E-state index in [0.29, 0.717) is 39.0 Å². The van der Waals surface area contributed by atoms with Crippen molar-refractivity contribution in [1.82, 2.24) is 15.1 Å². The first-order chi connectivity index (χ1) is 20.4. The number of piperidine rings is 1. The smallest absolute Gasteiger partial charge is 0.335 e. The number of allylic oxidation sites excluding steroid dienone is 2. The number of amides is 3. The van der Waals surface area contributed by atoms with Gasteiger partial charge in [0.2, 0.25) is 17.7 Å². The number of hydrogen-bond acceptors (Lipinski definition) is 4. The van der Waals surface area contributed by atoms with Crippen LogP contribution in [0, 0.1) is 10.8 Å². The maximum atomic E-state index is 14.6. The van der Waals surface area contributed by atoms with Crippen molar-refractivity contribution in [2.24, 2.45) is 10.8 Å². The lowest BCUT2D eigenvalue weighted by Crippen LogP contribution is -2.57. The summed E-state index contributed by atoms with van der Waals surface area (Å²) in [6.45, 7) is 10.0. The summed E-state index contributed by atoms with van der Waals surface area (Å²) >= 11 is 0. The van der Waals surface area contributed by atoms with Gasteiger partial charge in [0.1, 0.15) is 0 Å². The minimum atomic E-state index is -0.939. The Kier molecular flexibility index (Phi) is 8.07. The highest BCUT2D eigenvalue weighted by molar-refractivity contribution is 5.90. The molecule has 0 bridgehead atoms. The molecule has 0 saturated carbocycles. The van der Waals surface area contributed by atoms with E-state index in [0.717, 1.165) is 17.5 Å². The molecule has 1 saturated heterocycles. The van der Waals surface area contributed by atoms with Crippen LogP contribution in [0.1, 0.15) is 68.4 Å². The summed E-state index contributed by atoms with van der Waals surface area (Å²) in [6, 6.07) is 17.0. The number of likely N-dealkylation sites (tertiary alicyclic amines) is 1. The van der Waals surface area contributed by atoms with Gasteiger partial charge in [0.05, 0.1) is 17.5 Å². The van der Waals surface area contributed by atoms with Gasteiger partial charge < -0.3 is 20.2 Å². The summed E-state index contributed by atoms with van der Waals surface area (Å²) in [5.74, 6) is -1.21. The summed E-state index contributed by atoms with van der Waals surface area (Å²) in [6.07, 6.45) is 6.30. The molecule has 0 spiro atoms. The first-order valence-corrected chi connectivity index (χ1v) is 15.0. The molecule has 5 rings (SSSR count). The number of nitrogens with zero attached hydrogens (tertiary/aromatic N) is 2. The zero-order valence-corrected chi connectivity index (χ0v) is 25.5. The van der Waals surface area contributed by atoms with E-state index in [4.69, 9.17) is 0 Å². The Morgan fingerprint density at radius 1 is 0.884 bits per heavy atom. The third kappa shape index (κ3) is 5.63. The molecule has 2 heterocycles. The number of benzene rings is 2. The molecule has 1 fully saturated rings. The van der Waals surface area contributed by atoms with Gasteiger partial charge in [-0.1, -0.05) is 81.0 Å². The molecule has 3 amide bonds. The average molecular weight is 584 g/mol. The molecule has 1 aliphatic carbocycles. The van der Waals surface area contributed by atoms with Crippen molar-refractivity contribution in [3.63, 3.8) is 0 Å². The van der Waals surface area contributed by atoms with Gasteiger partial charge in [-0.2, -0.15) is 0 Å². The fourth-order valence-corrected chi connectivity index (χ4v) is 7.49. The lowest BCUT2D eigenvalue weighted by atomic mass is 9.58. The van der Waals surface area contributed by atoms with E-state index in [2.05, 4.69) is 38.2 Å². The second kappa shape index (κ2) is 11.5. The Labute approximate surface area is 253 Å². The van der Waals surface area contributed by atoms with Gasteiger partial charge in [0, 0.05) is 43.9 Å². The number of carboxylic acids is 1. The molecule has 2 aliphatic heterocycles. The molecule has 43 heavy (non-hydrogen) atoms. The molecular formula is C35H41N3O5. The van der Waals surface area contributed by atoms with E-state index in [1.807, 2.05) is 47.4 Å². The second-order valence-corrected chi connectivity index (χ2v) is 12.9. The molecule has 2 aromatic carbocycles. The van der Waals surface area contributed by atoms with Crippen molar-refractivity contribution in [2.45, 2.75) is 52.4 Å². The molecule has 3 aliphatic rings. The number of rotatable bonds is 6. The van der Waals surface area contributed by atoms with Gasteiger partial charge in [-0.15, -0.1) is 0 Å². The van der Waals surface area contributed by atoms with Gasteiger partial charge in [-0.25, -0.2) is 4.79 Å². The molecule has 0 unspecified atom stereocenters. The van der Waals surface area contributed by atoms with Crippen LogP contribution in [0.2, 0.25) is 0 Å². The highest BCUT2D eigenvalue weighted by atomic mass is 16.4. The lowest BCUT2D eigenvalue weighted by molar-refractivity contribution is -0.144. The normalized spacial score (nSPS) is 22.5. The number of nitrogens with one attached hydrogen (secondary N) is 1. The van der Waals surface area contributed by atoms with Crippen LogP contribution in [0.5, 0.6) is 0 Å². The van der Waals surface area contributed by atoms with Gasteiger partial charge in [-0.3, -0.25) is 14.4 Å². The first-order valence-electron chi connectivity index (χ1n) is 15.0. The van der Waals surface area contributed by atoms with E-state index >= 15 is 0 Å². The van der Waals surface area contributed by atoms with Crippen molar-refractivity contribution < 1.29 is 24.3 Å². The molecule has 1 atom stereocenters. The summed E-state index contributed by atoms with van der Waals surface area (Å²) < 4.78 is 0. The van der Waals surface area contributed by atoms with E-state index in [1.54, 1.807) is 17.0 Å². The first kappa shape index (κ1) is 30.3. The molecule has 2 aromatic rings. The Balaban J connectivity index is 1.39. The minimum absolute atomic E-state index is 0.0331. The highest BCUT2D eigenvalue weighted by Crippen LogP contribution is 2.55. The van der Waals surface area contributed by atoms with E-state index in [1.165, 1.54) is 18.1 Å².